The Hall–Kier alpha value is -3.61. The number of nitrogens with one attached hydrogen (secondary N) is 3. The first-order valence-electron chi connectivity index (χ1n) is 10.6. The van der Waals surface area contributed by atoms with Crippen molar-refractivity contribution in [2.24, 2.45) is 0 Å². The van der Waals surface area contributed by atoms with E-state index in [1.165, 1.54) is 0 Å². The maximum absolute atomic E-state index is 13.1. The van der Waals surface area contributed by atoms with Crippen LogP contribution >= 0.6 is 11.6 Å². The topological polar surface area (TPSA) is 90.5 Å². The van der Waals surface area contributed by atoms with Crippen molar-refractivity contribution in [2.75, 3.05) is 17.7 Å². The minimum atomic E-state index is -0.848. The van der Waals surface area contributed by atoms with E-state index in [1.54, 1.807) is 12.1 Å². The molecular weight excluding hydrogens is 438 g/mol. The number of carbonyl (C=O) groups is 2. The molecule has 4 N–H and O–H groups in total. The van der Waals surface area contributed by atoms with Gasteiger partial charge in [-0.05, 0) is 60.5 Å². The van der Waals surface area contributed by atoms with Crippen LogP contribution < -0.4 is 16.0 Å². The number of benzene rings is 3. The highest BCUT2D eigenvalue weighted by Crippen LogP contribution is 2.39. The van der Waals surface area contributed by atoms with Gasteiger partial charge in [-0.25, -0.2) is 0 Å². The third kappa shape index (κ3) is 5.25. The molecule has 0 saturated carbocycles. The fourth-order valence-electron chi connectivity index (χ4n) is 3.91. The Morgan fingerprint density at radius 2 is 1.82 bits per heavy atom. The smallest absolute Gasteiger partial charge is 0.303 e. The Kier molecular flexibility index (Phi) is 6.77. The maximum Gasteiger partial charge on any atom is 0.303 e. The first kappa shape index (κ1) is 22.6. The van der Waals surface area contributed by atoms with Gasteiger partial charge in [0.25, 0.3) is 5.91 Å². The lowest BCUT2D eigenvalue weighted by molar-refractivity contribution is -0.137. The van der Waals surface area contributed by atoms with Crippen molar-refractivity contribution in [1.82, 2.24) is 5.32 Å². The molecule has 0 fully saturated rings. The van der Waals surface area contributed by atoms with Crippen LogP contribution in [0.15, 0.2) is 66.7 Å². The standard InChI is InChI=1S/C26H24ClN3O3/c1-28-15-17-5-3-7-20(13-17)29-25(18-6-2-4-16(12-18)8-11-23(31)32)24-21-10-9-19(27)14-22(21)30-26(24)33/h2-7,9-10,12-14,28-29H,8,11,15H2,1H3,(H,30,33)(H,31,32)/b25-24-. The molecule has 0 unspecified atom stereocenters. The van der Waals surface area contributed by atoms with Gasteiger partial charge in [0.15, 0.2) is 0 Å². The number of carboxylic acids is 1. The Morgan fingerprint density at radius 3 is 2.61 bits per heavy atom. The lowest BCUT2D eigenvalue weighted by atomic mass is 9.97. The summed E-state index contributed by atoms with van der Waals surface area (Å²) in [4.78, 5) is 24.1. The van der Waals surface area contributed by atoms with Crippen LogP contribution in [0.2, 0.25) is 5.02 Å². The molecule has 1 amide bonds. The molecule has 1 aliphatic rings. The van der Waals surface area contributed by atoms with Crippen LogP contribution in [0.4, 0.5) is 11.4 Å². The lowest BCUT2D eigenvalue weighted by Crippen LogP contribution is -2.11. The predicted molar refractivity (Wildman–Crippen MR) is 132 cm³/mol. The van der Waals surface area contributed by atoms with Gasteiger partial charge in [0.05, 0.1) is 17.0 Å². The first-order valence-corrected chi connectivity index (χ1v) is 11.0. The third-order valence-electron chi connectivity index (χ3n) is 5.40. The van der Waals surface area contributed by atoms with Gasteiger partial charge in [0, 0.05) is 29.2 Å². The van der Waals surface area contributed by atoms with Crippen molar-refractivity contribution >= 4 is 46.1 Å². The fourth-order valence-corrected chi connectivity index (χ4v) is 4.09. The Balaban J connectivity index is 1.83. The van der Waals surface area contributed by atoms with E-state index in [9.17, 15) is 9.59 Å². The molecule has 0 aliphatic carbocycles. The molecule has 6 nitrogen and oxygen atoms in total. The van der Waals surface area contributed by atoms with Gasteiger partial charge < -0.3 is 21.1 Å². The van der Waals surface area contributed by atoms with Crippen LogP contribution in [0.1, 0.15) is 28.7 Å². The highest BCUT2D eigenvalue weighted by molar-refractivity contribution is 6.38. The predicted octanol–water partition coefficient (Wildman–Crippen LogP) is 5.01. The number of fused-ring (bicyclic) bond motifs is 1. The number of carbonyl (C=O) groups excluding carboxylic acids is 1. The van der Waals surface area contributed by atoms with Crippen molar-refractivity contribution in [1.29, 1.82) is 0 Å². The van der Waals surface area contributed by atoms with E-state index in [1.807, 2.05) is 61.6 Å². The number of hydrogen-bond donors (Lipinski definition) is 4. The van der Waals surface area contributed by atoms with Crippen LogP contribution in [-0.4, -0.2) is 24.0 Å². The average Bonchev–Trinajstić information content (AvgIpc) is 3.11. The number of amides is 1. The average molecular weight is 462 g/mol. The van der Waals surface area contributed by atoms with Gasteiger partial charge in [0.1, 0.15) is 0 Å². The third-order valence-corrected chi connectivity index (χ3v) is 5.63. The minimum Gasteiger partial charge on any atom is -0.481 e. The molecule has 33 heavy (non-hydrogen) atoms. The number of carboxylic acid groups (broad SMARTS) is 1. The summed E-state index contributed by atoms with van der Waals surface area (Å²) in [5.41, 5.74) is 6.20. The van der Waals surface area contributed by atoms with Crippen LogP contribution in [0, 0.1) is 0 Å². The van der Waals surface area contributed by atoms with Gasteiger partial charge in [-0.2, -0.15) is 0 Å². The number of aliphatic carboxylic acids is 1. The van der Waals surface area contributed by atoms with Crippen LogP contribution in [0.25, 0.3) is 11.3 Å². The summed E-state index contributed by atoms with van der Waals surface area (Å²) in [6.45, 7) is 0.716. The van der Waals surface area contributed by atoms with E-state index in [4.69, 9.17) is 16.7 Å². The quantitative estimate of drug-likeness (QED) is 0.354. The van der Waals surface area contributed by atoms with Crippen LogP contribution in [-0.2, 0) is 22.6 Å². The van der Waals surface area contributed by atoms with Crippen LogP contribution in [0.3, 0.4) is 0 Å². The number of hydrogen-bond acceptors (Lipinski definition) is 4. The molecule has 0 bridgehead atoms. The molecule has 168 valence electrons. The van der Waals surface area contributed by atoms with Gasteiger partial charge in [-0.3, -0.25) is 9.59 Å². The molecule has 1 aliphatic heterocycles. The number of rotatable bonds is 8. The normalized spacial score (nSPS) is 13.9. The van der Waals surface area contributed by atoms with E-state index in [0.29, 0.717) is 34.9 Å². The van der Waals surface area contributed by atoms with E-state index < -0.39 is 5.97 Å². The van der Waals surface area contributed by atoms with Gasteiger partial charge in [0.2, 0.25) is 0 Å². The van der Waals surface area contributed by atoms with E-state index in [0.717, 1.165) is 27.9 Å². The van der Waals surface area contributed by atoms with Crippen LogP contribution in [0.5, 0.6) is 0 Å². The molecule has 1 heterocycles. The maximum atomic E-state index is 13.1. The zero-order valence-corrected chi connectivity index (χ0v) is 18.9. The molecule has 0 aromatic heterocycles. The Bertz CT molecular complexity index is 1250. The summed E-state index contributed by atoms with van der Waals surface area (Å²) in [6.07, 6.45) is 0.443. The monoisotopic (exact) mass is 461 g/mol. The second-order valence-corrected chi connectivity index (χ2v) is 8.28. The van der Waals surface area contributed by atoms with Crippen molar-refractivity contribution in [3.8, 4) is 0 Å². The van der Waals surface area contributed by atoms with Crippen molar-refractivity contribution in [2.45, 2.75) is 19.4 Å². The van der Waals surface area contributed by atoms with Crippen molar-refractivity contribution in [3.05, 3.63) is 94.0 Å². The summed E-state index contributed by atoms with van der Waals surface area (Å²) in [7, 11) is 1.89. The minimum absolute atomic E-state index is 0.0384. The summed E-state index contributed by atoms with van der Waals surface area (Å²) < 4.78 is 0. The fraction of sp³-hybridized carbons (Fsp3) is 0.154. The largest absolute Gasteiger partial charge is 0.481 e. The Labute approximate surface area is 197 Å². The molecule has 0 radical (unpaired) electrons. The molecular formula is C26H24ClN3O3. The highest BCUT2D eigenvalue weighted by Gasteiger charge is 2.28. The second-order valence-electron chi connectivity index (χ2n) is 7.84. The summed E-state index contributed by atoms with van der Waals surface area (Å²) in [5, 5.41) is 19.1. The Morgan fingerprint density at radius 1 is 1.03 bits per heavy atom. The molecule has 0 atom stereocenters. The van der Waals surface area contributed by atoms with E-state index in [-0.39, 0.29) is 12.3 Å². The zero-order valence-electron chi connectivity index (χ0n) is 18.1. The molecule has 0 spiro atoms. The van der Waals surface area contributed by atoms with Gasteiger partial charge in [-0.1, -0.05) is 48.0 Å². The van der Waals surface area contributed by atoms with Gasteiger partial charge >= 0.3 is 5.97 Å². The number of aryl methyl sites for hydroxylation is 1. The first-order chi connectivity index (χ1) is 15.9. The van der Waals surface area contributed by atoms with Gasteiger partial charge in [-0.15, -0.1) is 0 Å². The van der Waals surface area contributed by atoms with Crippen molar-refractivity contribution in [3.63, 3.8) is 0 Å². The molecule has 0 saturated heterocycles. The van der Waals surface area contributed by atoms with E-state index in [2.05, 4.69) is 16.0 Å². The summed E-state index contributed by atoms with van der Waals surface area (Å²) in [5.74, 6) is -1.07. The SMILES string of the molecule is CNCc1cccc(N/C(=C2\C(=O)Nc3cc(Cl)ccc32)c2cccc(CCC(=O)O)c2)c1. The summed E-state index contributed by atoms with van der Waals surface area (Å²) >= 11 is 6.14. The second kappa shape index (κ2) is 9.90. The van der Waals surface area contributed by atoms with Crippen molar-refractivity contribution < 1.29 is 14.7 Å². The molecule has 3 aromatic carbocycles. The number of anilines is 2. The van der Waals surface area contributed by atoms with E-state index >= 15 is 0 Å². The zero-order chi connectivity index (χ0) is 23.4. The lowest BCUT2D eigenvalue weighted by Gasteiger charge is -2.16. The summed E-state index contributed by atoms with van der Waals surface area (Å²) in [6, 6.07) is 20.9. The molecule has 7 heteroatoms. The molecule has 3 aromatic rings. The number of halogens is 1. The molecule has 4 rings (SSSR count). The highest BCUT2D eigenvalue weighted by atomic mass is 35.5.